The highest BCUT2D eigenvalue weighted by molar-refractivity contribution is 6.23. The number of hydrogen-bond acceptors (Lipinski definition) is 3. The lowest BCUT2D eigenvalue weighted by Crippen LogP contribution is -2.13. The van der Waals surface area contributed by atoms with Crippen LogP contribution in [0.4, 0.5) is 5.69 Å². The first-order valence-electron chi connectivity index (χ1n) is 4.27. The maximum absolute atomic E-state index is 11.6. The van der Waals surface area contributed by atoms with E-state index in [1.807, 2.05) is 0 Å². The molecule has 0 aliphatic carbocycles. The number of Topliss-reactive ketones (excluding diaryl/α,β-unsaturated/α-hetero) is 1. The van der Waals surface area contributed by atoms with Crippen LogP contribution in [0.1, 0.15) is 15.9 Å². The average molecular weight is 205 g/mol. The van der Waals surface area contributed by atoms with Gasteiger partial charge in [0.25, 0.3) is 0 Å². The topological polar surface area (TPSA) is 80.4 Å². The molecule has 1 aromatic rings. The zero-order chi connectivity index (χ0) is 11.6. The van der Waals surface area contributed by atoms with Gasteiger partial charge < -0.3 is 10.8 Å². The van der Waals surface area contributed by atoms with E-state index in [9.17, 15) is 9.59 Å². The maximum atomic E-state index is 11.6. The zero-order valence-corrected chi connectivity index (χ0v) is 8.28. The van der Waals surface area contributed by atoms with Crippen LogP contribution in [-0.4, -0.2) is 16.9 Å². The molecule has 0 radical (unpaired) electrons. The van der Waals surface area contributed by atoms with Crippen LogP contribution in [0.5, 0.6) is 0 Å². The van der Waals surface area contributed by atoms with Gasteiger partial charge >= 0.3 is 5.97 Å². The van der Waals surface area contributed by atoms with Gasteiger partial charge in [-0.3, -0.25) is 4.79 Å². The molecule has 0 aromatic heterocycles. The molecule has 0 amide bonds. The molecule has 0 fully saturated rings. The molecular weight excluding hydrogens is 194 g/mol. The lowest BCUT2D eigenvalue weighted by atomic mass is 9.99. The normalized spacial score (nSPS) is 9.67. The molecular formula is C11H11NO3. The fourth-order valence-corrected chi connectivity index (χ4v) is 1.16. The molecule has 4 heteroatoms. The second-order valence-corrected chi connectivity index (χ2v) is 3.13. The fourth-order valence-electron chi connectivity index (χ4n) is 1.16. The van der Waals surface area contributed by atoms with Crippen LogP contribution in [0.3, 0.4) is 0 Å². The number of anilines is 1. The number of hydrogen-bond donors (Lipinski definition) is 2. The van der Waals surface area contributed by atoms with E-state index >= 15 is 0 Å². The zero-order valence-electron chi connectivity index (χ0n) is 8.28. The minimum Gasteiger partial charge on any atom is -0.478 e. The first-order valence-corrected chi connectivity index (χ1v) is 4.27. The quantitative estimate of drug-likeness (QED) is 0.257. The number of carboxylic acid groups (broad SMARTS) is 1. The molecule has 3 N–H and O–H groups in total. The van der Waals surface area contributed by atoms with E-state index in [4.69, 9.17) is 10.8 Å². The molecule has 0 aliphatic heterocycles. The second kappa shape index (κ2) is 3.96. The Hall–Kier alpha value is -2.10. The summed E-state index contributed by atoms with van der Waals surface area (Å²) in [6.07, 6.45) is 0. The van der Waals surface area contributed by atoms with Crippen LogP contribution in [0, 0.1) is 6.92 Å². The van der Waals surface area contributed by atoms with Crippen molar-refractivity contribution < 1.29 is 14.7 Å². The molecule has 1 rings (SSSR count). The predicted molar refractivity (Wildman–Crippen MR) is 56.7 cm³/mol. The Balaban J connectivity index is 3.18. The van der Waals surface area contributed by atoms with E-state index in [0.29, 0.717) is 11.3 Å². The van der Waals surface area contributed by atoms with E-state index in [-0.39, 0.29) is 5.56 Å². The minimum absolute atomic E-state index is 0.280. The van der Waals surface area contributed by atoms with E-state index in [0.717, 1.165) is 0 Å². The van der Waals surface area contributed by atoms with Gasteiger partial charge in [0.05, 0.1) is 0 Å². The Kier molecular flexibility index (Phi) is 2.90. The van der Waals surface area contributed by atoms with E-state index in [2.05, 4.69) is 6.58 Å². The Morgan fingerprint density at radius 2 is 2.00 bits per heavy atom. The molecule has 0 atom stereocenters. The van der Waals surface area contributed by atoms with Crippen LogP contribution >= 0.6 is 0 Å². The Bertz CT molecular complexity index is 449. The summed E-state index contributed by atoms with van der Waals surface area (Å²) in [5.74, 6) is -1.92. The molecule has 15 heavy (non-hydrogen) atoms. The first-order chi connectivity index (χ1) is 6.95. The molecule has 0 heterocycles. The van der Waals surface area contributed by atoms with Crippen molar-refractivity contribution in [1.82, 2.24) is 0 Å². The Morgan fingerprint density at radius 3 is 2.53 bits per heavy atom. The molecule has 0 bridgehead atoms. The van der Waals surface area contributed by atoms with E-state index < -0.39 is 17.3 Å². The smallest absolute Gasteiger partial charge is 0.339 e. The van der Waals surface area contributed by atoms with Crippen molar-refractivity contribution in [3.05, 3.63) is 41.5 Å². The minimum atomic E-state index is -1.32. The highest BCUT2D eigenvalue weighted by atomic mass is 16.4. The van der Waals surface area contributed by atoms with Gasteiger partial charge in [0.15, 0.2) is 5.78 Å². The molecule has 0 spiro atoms. The predicted octanol–water partition coefficient (Wildman–Crippen LogP) is 1.40. The van der Waals surface area contributed by atoms with Gasteiger partial charge in [-0.1, -0.05) is 18.7 Å². The number of benzene rings is 1. The lowest BCUT2D eigenvalue weighted by Gasteiger charge is -2.06. The van der Waals surface area contributed by atoms with Gasteiger partial charge in [0.1, 0.15) is 5.57 Å². The molecule has 0 aliphatic rings. The number of carbonyl (C=O) groups is 2. The summed E-state index contributed by atoms with van der Waals surface area (Å²) < 4.78 is 0. The Morgan fingerprint density at radius 1 is 1.40 bits per heavy atom. The molecule has 0 unspecified atom stereocenters. The van der Waals surface area contributed by atoms with Crippen molar-refractivity contribution >= 4 is 17.4 Å². The lowest BCUT2D eigenvalue weighted by molar-refractivity contribution is -0.132. The van der Waals surface area contributed by atoms with Crippen molar-refractivity contribution in [1.29, 1.82) is 0 Å². The van der Waals surface area contributed by atoms with Gasteiger partial charge in [-0.25, -0.2) is 4.79 Å². The maximum Gasteiger partial charge on any atom is 0.339 e. The van der Waals surface area contributed by atoms with Gasteiger partial charge in [-0.2, -0.15) is 0 Å². The third-order valence-electron chi connectivity index (χ3n) is 2.15. The van der Waals surface area contributed by atoms with Crippen LogP contribution < -0.4 is 5.73 Å². The van der Waals surface area contributed by atoms with Crippen molar-refractivity contribution in [3.8, 4) is 0 Å². The van der Waals surface area contributed by atoms with Crippen LogP contribution in [0.2, 0.25) is 0 Å². The van der Waals surface area contributed by atoms with E-state index in [1.54, 1.807) is 19.1 Å². The number of carboxylic acids is 1. The third kappa shape index (κ3) is 2.04. The summed E-state index contributed by atoms with van der Waals surface area (Å²) in [5.41, 5.74) is 6.46. The fraction of sp³-hybridized carbons (Fsp3) is 0.0909. The van der Waals surface area contributed by atoms with Gasteiger partial charge in [0, 0.05) is 11.3 Å². The number of ketones is 1. The molecule has 78 valence electrons. The van der Waals surface area contributed by atoms with Crippen molar-refractivity contribution in [2.24, 2.45) is 0 Å². The standard InChI is InChI=1S/C11H11NO3/c1-6-8(4-3-5-9(6)12)10(13)7(2)11(14)15/h3-5H,2,12H2,1H3,(H,14,15). The monoisotopic (exact) mass is 205 g/mol. The Labute approximate surface area is 87.0 Å². The van der Waals surface area contributed by atoms with Crippen molar-refractivity contribution in [2.75, 3.05) is 5.73 Å². The summed E-state index contributed by atoms with van der Waals surface area (Å²) >= 11 is 0. The number of nitrogen functional groups attached to an aromatic ring is 1. The van der Waals surface area contributed by atoms with Crippen LogP contribution in [-0.2, 0) is 4.79 Å². The van der Waals surface area contributed by atoms with Crippen molar-refractivity contribution in [2.45, 2.75) is 6.92 Å². The number of nitrogens with two attached hydrogens (primary N) is 1. The molecule has 1 aromatic carbocycles. The average Bonchev–Trinajstić information content (AvgIpc) is 2.20. The molecule has 4 nitrogen and oxygen atoms in total. The number of carbonyl (C=O) groups excluding carboxylic acids is 1. The summed E-state index contributed by atoms with van der Waals surface area (Å²) in [6, 6.07) is 4.78. The SMILES string of the molecule is C=C(C(=O)O)C(=O)c1cccc(N)c1C. The van der Waals surface area contributed by atoms with Crippen molar-refractivity contribution in [3.63, 3.8) is 0 Å². The highest BCUT2D eigenvalue weighted by Crippen LogP contribution is 2.18. The first kappa shape index (κ1) is 11.0. The summed E-state index contributed by atoms with van der Waals surface area (Å²) in [7, 11) is 0. The molecule has 0 saturated heterocycles. The number of rotatable bonds is 3. The van der Waals surface area contributed by atoms with Gasteiger partial charge in [-0.15, -0.1) is 0 Å². The van der Waals surface area contributed by atoms with Gasteiger partial charge in [-0.05, 0) is 18.6 Å². The highest BCUT2D eigenvalue weighted by Gasteiger charge is 2.18. The van der Waals surface area contributed by atoms with Crippen LogP contribution in [0.15, 0.2) is 30.4 Å². The van der Waals surface area contributed by atoms with E-state index in [1.165, 1.54) is 6.07 Å². The second-order valence-electron chi connectivity index (χ2n) is 3.13. The van der Waals surface area contributed by atoms with Gasteiger partial charge in [0.2, 0.25) is 0 Å². The summed E-state index contributed by atoms with van der Waals surface area (Å²) in [4.78, 5) is 22.2. The largest absolute Gasteiger partial charge is 0.478 e. The molecule has 0 saturated carbocycles. The number of aliphatic carboxylic acids is 1. The summed E-state index contributed by atoms with van der Waals surface area (Å²) in [5, 5.41) is 8.62. The summed E-state index contributed by atoms with van der Waals surface area (Å²) in [6.45, 7) is 4.88. The van der Waals surface area contributed by atoms with Crippen LogP contribution in [0.25, 0.3) is 0 Å². The third-order valence-corrected chi connectivity index (χ3v) is 2.15.